The van der Waals surface area contributed by atoms with Crippen LogP contribution in [0.15, 0.2) is 54.6 Å². The van der Waals surface area contributed by atoms with Crippen LogP contribution in [0.3, 0.4) is 0 Å². The van der Waals surface area contributed by atoms with Crippen LogP contribution in [0.2, 0.25) is 0 Å². The number of unbranched alkanes of at least 4 members (excludes halogenated alkanes) is 1. The third-order valence-electron chi connectivity index (χ3n) is 7.19. The van der Waals surface area contributed by atoms with Crippen molar-refractivity contribution in [1.29, 1.82) is 0 Å². The highest BCUT2D eigenvalue weighted by Crippen LogP contribution is 2.50. The number of hydrogen-bond donors (Lipinski definition) is 0. The van der Waals surface area contributed by atoms with E-state index in [9.17, 15) is 24.5 Å². The fraction of sp³-hybridized carbons (Fsp3) is 0.346. The number of para-hydroxylation sites is 1. The molecule has 0 N–H and O–H groups in total. The van der Waals surface area contributed by atoms with Gasteiger partial charge < -0.3 is 4.90 Å². The highest BCUT2D eigenvalue weighted by atomic mass is 16.6. The number of rotatable bonds is 6. The molecular formula is C26H25N3O5. The SMILES string of the molecule is CCCCN1C(=O)[C@@H]2[C@H](C1=O)[C@H](C(=O)c1cccc([N+](=O)[O-])c1)N1c3ccccc3C(C)=C[C@H]21. The summed E-state index contributed by atoms with van der Waals surface area (Å²) >= 11 is 0. The largest absolute Gasteiger partial charge is 0.352 e. The number of nitrogens with zero attached hydrogens (tertiary/aromatic N) is 3. The van der Waals surface area contributed by atoms with Crippen molar-refractivity contribution < 1.29 is 19.3 Å². The predicted octanol–water partition coefficient (Wildman–Crippen LogP) is 3.85. The number of amides is 2. The number of Topliss-reactive ketones (excluding diaryl/α,β-unsaturated/α-hetero) is 1. The number of fused-ring (bicyclic) bond motifs is 5. The Bertz CT molecular complexity index is 1250. The van der Waals surface area contributed by atoms with Crippen LogP contribution in [-0.4, -0.2) is 46.0 Å². The van der Waals surface area contributed by atoms with Gasteiger partial charge in [0.05, 0.1) is 22.8 Å². The monoisotopic (exact) mass is 459 g/mol. The summed E-state index contributed by atoms with van der Waals surface area (Å²) in [7, 11) is 0. The number of hydrogen-bond acceptors (Lipinski definition) is 6. The van der Waals surface area contributed by atoms with Crippen molar-refractivity contribution in [3.63, 3.8) is 0 Å². The Kier molecular flexibility index (Phi) is 5.31. The number of benzene rings is 2. The second-order valence-electron chi connectivity index (χ2n) is 9.11. The van der Waals surface area contributed by atoms with Crippen LogP contribution in [0.25, 0.3) is 5.57 Å². The highest BCUT2D eigenvalue weighted by Gasteiger charge is 2.64. The molecule has 174 valence electrons. The van der Waals surface area contributed by atoms with Gasteiger partial charge >= 0.3 is 0 Å². The van der Waals surface area contributed by atoms with Gasteiger partial charge in [-0.15, -0.1) is 0 Å². The molecule has 3 aliphatic heterocycles. The normalized spacial score (nSPS) is 25.1. The first kappa shape index (κ1) is 22.0. The van der Waals surface area contributed by atoms with E-state index in [-0.39, 0.29) is 28.8 Å². The van der Waals surface area contributed by atoms with E-state index >= 15 is 0 Å². The zero-order valence-electron chi connectivity index (χ0n) is 19.0. The Balaban J connectivity index is 1.65. The maximum atomic E-state index is 13.9. The lowest BCUT2D eigenvalue weighted by Gasteiger charge is -2.38. The lowest BCUT2D eigenvalue weighted by atomic mass is 9.85. The van der Waals surface area contributed by atoms with Crippen LogP contribution in [0.1, 0.15) is 42.6 Å². The van der Waals surface area contributed by atoms with E-state index in [0.717, 1.165) is 23.2 Å². The summed E-state index contributed by atoms with van der Waals surface area (Å²) in [5.74, 6) is -2.46. The minimum atomic E-state index is -0.925. The number of ketones is 1. The molecule has 2 aromatic carbocycles. The highest BCUT2D eigenvalue weighted by molar-refractivity contribution is 6.14. The first-order chi connectivity index (χ1) is 16.3. The predicted molar refractivity (Wildman–Crippen MR) is 126 cm³/mol. The van der Waals surface area contributed by atoms with Crippen molar-refractivity contribution in [1.82, 2.24) is 4.90 Å². The third-order valence-corrected chi connectivity index (χ3v) is 7.19. The maximum Gasteiger partial charge on any atom is 0.270 e. The van der Waals surface area contributed by atoms with E-state index in [4.69, 9.17) is 0 Å². The van der Waals surface area contributed by atoms with E-state index in [1.165, 1.54) is 29.2 Å². The molecule has 2 fully saturated rings. The van der Waals surface area contributed by atoms with Crippen molar-refractivity contribution in [2.75, 3.05) is 11.4 Å². The van der Waals surface area contributed by atoms with Gasteiger partial charge in [-0.1, -0.05) is 49.8 Å². The summed E-state index contributed by atoms with van der Waals surface area (Å²) in [4.78, 5) is 54.9. The Morgan fingerprint density at radius 1 is 1.06 bits per heavy atom. The second kappa shape index (κ2) is 8.20. The van der Waals surface area contributed by atoms with Gasteiger partial charge in [-0.2, -0.15) is 0 Å². The molecule has 0 aromatic heterocycles. The topological polar surface area (TPSA) is 101 Å². The lowest BCUT2D eigenvalue weighted by molar-refractivity contribution is -0.384. The molecule has 3 heterocycles. The van der Waals surface area contributed by atoms with Gasteiger partial charge in [0.15, 0.2) is 5.78 Å². The number of allylic oxidation sites excluding steroid dienone is 1. The van der Waals surface area contributed by atoms with Crippen LogP contribution in [-0.2, 0) is 9.59 Å². The Morgan fingerprint density at radius 2 is 1.79 bits per heavy atom. The second-order valence-corrected chi connectivity index (χ2v) is 9.11. The average molecular weight is 460 g/mol. The van der Waals surface area contributed by atoms with Crippen LogP contribution < -0.4 is 4.90 Å². The van der Waals surface area contributed by atoms with Gasteiger partial charge in [-0.3, -0.25) is 29.4 Å². The summed E-state index contributed by atoms with van der Waals surface area (Å²) in [6.07, 6.45) is 3.52. The van der Waals surface area contributed by atoms with Gasteiger partial charge in [0.2, 0.25) is 11.8 Å². The molecule has 0 unspecified atom stereocenters. The summed E-state index contributed by atoms with van der Waals surface area (Å²) in [5, 5.41) is 11.3. The first-order valence-corrected chi connectivity index (χ1v) is 11.5. The molecule has 34 heavy (non-hydrogen) atoms. The van der Waals surface area contributed by atoms with Crippen molar-refractivity contribution >= 4 is 34.5 Å². The number of carbonyl (C=O) groups excluding carboxylic acids is 3. The first-order valence-electron chi connectivity index (χ1n) is 11.5. The smallest absolute Gasteiger partial charge is 0.270 e. The maximum absolute atomic E-state index is 13.9. The minimum Gasteiger partial charge on any atom is -0.352 e. The van der Waals surface area contributed by atoms with Crippen molar-refractivity contribution in [2.45, 2.75) is 38.8 Å². The van der Waals surface area contributed by atoms with Crippen LogP contribution in [0, 0.1) is 22.0 Å². The summed E-state index contributed by atoms with van der Waals surface area (Å²) in [5.41, 5.74) is 2.70. The Hall–Kier alpha value is -3.81. The van der Waals surface area contributed by atoms with Crippen molar-refractivity contribution in [3.8, 4) is 0 Å². The van der Waals surface area contributed by atoms with Crippen molar-refractivity contribution in [2.24, 2.45) is 11.8 Å². The molecule has 8 heteroatoms. The van der Waals surface area contributed by atoms with Crippen LogP contribution >= 0.6 is 0 Å². The number of nitro groups is 1. The summed E-state index contributed by atoms with van der Waals surface area (Å²) in [6.45, 7) is 4.30. The van der Waals surface area contributed by atoms with E-state index in [1.54, 1.807) is 0 Å². The third kappa shape index (κ3) is 3.16. The molecule has 4 atom stereocenters. The van der Waals surface area contributed by atoms with Crippen LogP contribution in [0.5, 0.6) is 0 Å². The molecule has 2 amide bonds. The molecule has 2 aromatic rings. The zero-order chi connectivity index (χ0) is 24.1. The number of carbonyl (C=O) groups is 3. The standard InChI is InChI=1S/C26H25N3O5/c1-3-4-12-27-25(31)21-20-13-15(2)18-10-5-6-11-19(18)28(20)23(22(21)26(27)32)24(30)16-8-7-9-17(14-16)29(33)34/h5-11,13-14,20-23H,3-4,12H2,1-2H3/t20-,21+,22+,23-/m1/s1. The molecular weight excluding hydrogens is 434 g/mol. The molecule has 0 radical (unpaired) electrons. The zero-order valence-corrected chi connectivity index (χ0v) is 19.0. The van der Waals surface area contributed by atoms with Gasteiger partial charge in [-0.25, -0.2) is 0 Å². The van der Waals surface area contributed by atoms with E-state index in [1.807, 2.05) is 49.1 Å². The number of likely N-dealkylation sites (tertiary alicyclic amines) is 1. The average Bonchev–Trinajstić information content (AvgIpc) is 3.30. The van der Waals surface area contributed by atoms with E-state index < -0.39 is 28.8 Å². The molecule has 0 spiro atoms. The number of imide groups is 1. The quantitative estimate of drug-likeness (QED) is 0.281. The minimum absolute atomic E-state index is 0.162. The molecule has 0 aliphatic carbocycles. The number of non-ortho nitro benzene ring substituents is 1. The van der Waals surface area contributed by atoms with Crippen molar-refractivity contribution in [3.05, 3.63) is 75.8 Å². The molecule has 2 saturated heterocycles. The molecule has 3 aliphatic rings. The molecule has 8 nitrogen and oxygen atoms in total. The van der Waals surface area contributed by atoms with Gasteiger partial charge in [0, 0.05) is 35.5 Å². The van der Waals surface area contributed by atoms with Gasteiger partial charge in [-0.05, 0) is 25.0 Å². The fourth-order valence-electron chi connectivity index (χ4n) is 5.64. The summed E-state index contributed by atoms with van der Waals surface area (Å²) in [6, 6.07) is 11.9. The Morgan fingerprint density at radius 3 is 2.53 bits per heavy atom. The van der Waals surface area contributed by atoms with E-state index in [2.05, 4.69) is 0 Å². The molecule has 0 bridgehead atoms. The Labute approximate surface area is 197 Å². The molecule has 5 rings (SSSR count). The van der Waals surface area contributed by atoms with E-state index in [0.29, 0.717) is 13.0 Å². The summed E-state index contributed by atoms with van der Waals surface area (Å²) < 4.78 is 0. The van der Waals surface area contributed by atoms with Gasteiger partial charge in [0.1, 0.15) is 6.04 Å². The number of anilines is 1. The fourth-order valence-corrected chi connectivity index (χ4v) is 5.64. The van der Waals surface area contributed by atoms with Crippen LogP contribution in [0.4, 0.5) is 11.4 Å². The van der Waals surface area contributed by atoms with Gasteiger partial charge in [0.25, 0.3) is 5.69 Å². The lowest BCUT2D eigenvalue weighted by Crippen LogP contribution is -2.49. The molecule has 0 saturated carbocycles. The number of nitro benzene ring substituents is 1.